The summed E-state index contributed by atoms with van der Waals surface area (Å²) in [6.45, 7) is 8.29. The molecule has 0 bridgehead atoms. The predicted octanol–water partition coefficient (Wildman–Crippen LogP) is 2.76. The van der Waals surface area contributed by atoms with Crippen LogP contribution in [0, 0.1) is 12.8 Å². The maximum atomic E-state index is 12.1. The van der Waals surface area contributed by atoms with E-state index in [0.717, 1.165) is 17.7 Å². The van der Waals surface area contributed by atoms with Crippen molar-refractivity contribution in [1.82, 2.24) is 5.32 Å². The number of nitrogens with one attached hydrogen (secondary N) is 1. The van der Waals surface area contributed by atoms with Crippen LogP contribution in [-0.4, -0.2) is 23.7 Å². The average molecular weight is 269 g/mol. The van der Waals surface area contributed by atoms with Crippen LogP contribution in [-0.2, 0) is 6.42 Å². The average Bonchev–Trinajstić information content (AvgIpc) is 2.69. The van der Waals surface area contributed by atoms with Gasteiger partial charge in [-0.15, -0.1) is 11.3 Å². The lowest BCUT2D eigenvalue weighted by Gasteiger charge is -2.17. The van der Waals surface area contributed by atoms with Crippen LogP contribution in [0.25, 0.3) is 0 Å². The van der Waals surface area contributed by atoms with E-state index in [-0.39, 0.29) is 18.6 Å². The first kappa shape index (κ1) is 15.2. The summed E-state index contributed by atoms with van der Waals surface area (Å²) in [6.07, 6.45) is 1.75. The zero-order chi connectivity index (χ0) is 13.7. The Morgan fingerprint density at radius 2 is 2.17 bits per heavy atom. The molecule has 1 heterocycles. The molecule has 0 radical (unpaired) electrons. The lowest BCUT2D eigenvalue weighted by molar-refractivity contribution is 0.0912. The fourth-order valence-corrected chi connectivity index (χ4v) is 3.00. The zero-order valence-corrected chi connectivity index (χ0v) is 12.4. The van der Waals surface area contributed by atoms with E-state index >= 15 is 0 Å². The Bertz CT molecular complexity index is 398. The van der Waals surface area contributed by atoms with Gasteiger partial charge in [-0.3, -0.25) is 4.79 Å². The van der Waals surface area contributed by atoms with E-state index in [1.807, 2.05) is 13.0 Å². The molecule has 4 heteroatoms. The monoisotopic (exact) mass is 269 g/mol. The minimum Gasteiger partial charge on any atom is -0.394 e. The number of thiophene rings is 1. The molecule has 18 heavy (non-hydrogen) atoms. The predicted molar refractivity (Wildman–Crippen MR) is 76.2 cm³/mol. The van der Waals surface area contributed by atoms with E-state index in [4.69, 9.17) is 0 Å². The number of rotatable bonds is 6. The van der Waals surface area contributed by atoms with Gasteiger partial charge in [0.05, 0.1) is 17.5 Å². The molecule has 0 aliphatic carbocycles. The Kier molecular flexibility index (Phi) is 5.82. The molecule has 1 aromatic rings. The van der Waals surface area contributed by atoms with E-state index in [1.54, 1.807) is 0 Å². The Morgan fingerprint density at radius 3 is 2.61 bits per heavy atom. The summed E-state index contributed by atoms with van der Waals surface area (Å²) >= 11 is 1.52. The van der Waals surface area contributed by atoms with Crippen molar-refractivity contribution < 1.29 is 9.90 Å². The molecule has 102 valence electrons. The standard InChI is InChI=1S/C14H23NO2S/c1-5-11-7-13(18-10(11)4)14(17)15-12(8-16)6-9(2)3/h7,9,12,16H,5-6,8H2,1-4H3,(H,15,17). The van der Waals surface area contributed by atoms with Crippen LogP contribution in [0.5, 0.6) is 0 Å². The van der Waals surface area contributed by atoms with E-state index in [2.05, 4.69) is 26.1 Å². The molecule has 0 aliphatic heterocycles. The molecule has 3 nitrogen and oxygen atoms in total. The van der Waals surface area contributed by atoms with Crippen molar-refractivity contribution >= 4 is 17.2 Å². The molecule has 0 fully saturated rings. The van der Waals surface area contributed by atoms with E-state index in [0.29, 0.717) is 5.92 Å². The summed E-state index contributed by atoms with van der Waals surface area (Å²) in [4.78, 5) is 14.0. The van der Waals surface area contributed by atoms with Gasteiger partial charge in [-0.1, -0.05) is 20.8 Å². The van der Waals surface area contributed by atoms with Gasteiger partial charge < -0.3 is 10.4 Å². The number of aliphatic hydroxyl groups is 1. The minimum absolute atomic E-state index is 0.00505. The van der Waals surface area contributed by atoms with Crippen molar-refractivity contribution in [2.75, 3.05) is 6.61 Å². The molecule has 0 aliphatic rings. The van der Waals surface area contributed by atoms with Crippen molar-refractivity contribution in [3.05, 3.63) is 21.4 Å². The highest BCUT2D eigenvalue weighted by molar-refractivity contribution is 7.14. The molecule has 0 saturated heterocycles. The van der Waals surface area contributed by atoms with Gasteiger partial charge in [0.15, 0.2) is 0 Å². The van der Waals surface area contributed by atoms with Crippen LogP contribution in [0.15, 0.2) is 6.07 Å². The summed E-state index contributed by atoms with van der Waals surface area (Å²) in [6, 6.07) is 1.81. The van der Waals surface area contributed by atoms with Crippen LogP contribution >= 0.6 is 11.3 Å². The van der Waals surface area contributed by atoms with Gasteiger partial charge in [-0.05, 0) is 37.3 Å². The molecule has 1 unspecified atom stereocenters. The van der Waals surface area contributed by atoms with Crippen molar-refractivity contribution in [3.8, 4) is 0 Å². The van der Waals surface area contributed by atoms with Gasteiger partial charge in [-0.25, -0.2) is 0 Å². The van der Waals surface area contributed by atoms with Crippen LogP contribution in [0.3, 0.4) is 0 Å². The lowest BCUT2D eigenvalue weighted by atomic mass is 10.0. The quantitative estimate of drug-likeness (QED) is 0.834. The van der Waals surface area contributed by atoms with Gasteiger partial charge in [0.25, 0.3) is 5.91 Å². The number of aryl methyl sites for hydroxylation is 2. The third kappa shape index (κ3) is 4.10. The van der Waals surface area contributed by atoms with Crippen molar-refractivity contribution in [2.24, 2.45) is 5.92 Å². The third-order valence-electron chi connectivity index (χ3n) is 2.94. The Balaban J connectivity index is 2.68. The topological polar surface area (TPSA) is 49.3 Å². The first-order valence-electron chi connectivity index (χ1n) is 6.48. The molecule has 0 spiro atoms. The Morgan fingerprint density at radius 1 is 1.50 bits per heavy atom. The summed E-state index contributed by atoms with van der Waals surface area (Å²) in [5.41, 5.74) is 1.23. The second kappa shape index (κ2) is 6.90. The SMILES string of the molecule is CCc1cc(C(=O)NC(CO)CC(C)C)sc1C. The molecular weight excluding hydrogens is 246 g/mol. The lowest BCUT2D eigenvalue weighted by Crippen LogP contribution is -2.38. The Hall–Kier alpha value is -0.870. The molecule has 1 amide bonds. The summed E-state index contributed by atoms with van der Waals surface area (Å²) < 4.78 is 0. The molecule has 1 atom stereocenters. The number of carbonyl (C=O) groups is 1. The maximum absolute atomic E-state index is 12.1. The summed E-state index contributed by atoms with van der Waals surface area (Å²) in [5.74, 6) is 0.390. The molecule has 0 saturated carbocycles. The first-order chi connectivity index (χ1) is 8.47. The highest BCUT2D eigenvalue weighted by Crippen LogP contribution is 2.22. The van der Waals surface area contributed by atoms with Gasteiger partial charge >= 0.3 is 0 Å². The highest BCUT2D eigenvalue weighted by atomic mass is 32.1. The van der Waals surface area contributed by atoms with Crippen molar-refractivity contribution in [1.29, 1.82) is 0 Å². The minimum atomic E-state index is -0.148. The molecule has 0 aromatic carbocycles. The van der Waals surface area contributed by atoms with E-state index < -0.39 is 0 Å². The normalized spacial score (nSPS) is 12.8. The van der Waals surface area contributed by atoms with Gasteiger partial charge in [-0.2, -0.15) is 0 Å². The summed E-state index contributed by atoms with van der Waals surface area (Å²) in [5, 5.41) is 12.2. The van der Waals surface area contributed by atoms with E-state index in [1.165, 1.54) is 21.8 Å². The second-order valence-electron chi connectivity index (χ2n) is 5.03. The molecule has 2 N–H and O–H groups in total. The van der Waals surface area contributed by atoms with Crippen LogP contribution < -0.4 is 5.32 Å². The Labute approximate surface area is 113 Å². The number of hydrogen-bond acceptors (Lipinski definition) is 3. The largest absolute Gasteiger partial charge is 0.394 e. The number of hydrogen-bond donors (Lipinski definition) is 2. The smallest absolute Gasteiger partial charge is 0.261 e. The first-order valence-corrected chi connectivity index (χ1v) is 7.30. The number of amides is 1. The van der Waals surface area contributed by atoms with Crippen molar-refractivity contribution in [3.63, 3.8) is 0 Å². The third-order valence-corrected chi connectivity index (χ3v) is 4.03. The molecular formula is C14H23NO2S. The highest BCUT2D eigenvalue weighted by Gasteiger charge is 2.16. The van der Waals surface area contributed by atoms with Gasteiger partial charge in [0, 0.05) is 4.88 Å². The number of aliphatic hydroxyl groups excluding tert-OH is 1. The fraction of sp³-hybridized carbons (Fsp3) is 0.643. The van der Waals surface area contributed by atoms with Crippen LogP contribution in [0.2, 0.25) is 0 Å². The van der Waals surface area contributed by atoms with Crippen LogP contribution in [0.1, 0.15) is 47.3 Å². The fourth-order valence-electron chi connectivity index (χ4n) is 1.99. The second-order valence-corrected chi connectivity index (χ2v) is 6.28. The summed E-state index contributed by atoms with van der Waals surface area (Å²) in [7, 11) is 0. The maximum Gasteiger partial charge on any atom is 0.261 e. The zero-order valence-electron chi connectivity index (χ0n) is 11.6. The molecule has 1 rings (SSSR count). The molecule has 1 aromatic heterocycles. The van der Waals surface area contributed by atoms with E-state index in [9.17, 15) is 9.90 Å². The van der Waals surface area contributed by atoms with Crippen LogP contribution in [0.4, 0.5) is 0 Å². The van der Waals surface area contributed by atoms with Gasteiger partial charge in [0.1, 0.15) is 0 Å². The number of carbonyl (C=O) groups excluding carboxylic acids is 1. The van der Waals surface area contributed by atoms with Crippen molar-refractivity contribution in [2.45, 2.75) is 46.6 Å². The van der Waals surface area contributed by atoms with Gasteiger partial charge in [0.2, 0.25) is 0 Å².